The van der Waals surface area contributed by atoms with Gasteiger partial charge in [-0.3, -0.25) is 0 Å². The molecule has 168 valence electrons. The maximum Gasteiger partial charge on any atom is 0.167 e. The lowest BCUT2D eigenvalue weighted by molar-refractivity contribution is 0.395. The Morgan fingerprint density at radius 1 is 0.576 bits per heavy atom. The van der Waals surface area contributed by atoms with E-state index in [1.54, 1.807) is 56.7 Å². The molecule has 0 saturated carbocycles. The van der Waals surface area contributed by atoms with Crippen LogP contribution in [0.5, 0.6) is 28.7 Å². The molecule has 8 heteroatoms. The molecule has 0 spiro atoms. The molecule has 1 heterocycles. The summed E-state index contributed by atoms with van der Waals surface area (Å²) in [6, 6.07) is 15.4. The topological polar surface area (TPSA) is 107 Å². The van der Waals surface area contributed by atoms with Crippen LogP contribution in [0.3, 0.4) is 0 Å². The van der Waals surface area contributed by atoms with Crippen LogP contribution >= 0.6 is 0 Å². The van der Waals surface area contributed by atoms with Crippen LogP contribution in [0.15, 0.2) is 54.6 Å². The van der Waals surface area contributed by atoms with E-state index < -0.39 is 0 Å². The first kappa shape index (κ1) is 21.9. The molecular weight excluding hydrogens is 422 g/mol. The van der Waals surface area contributed by atoms with Gasteiger partial charge in [-0.2, -0.15) is 0 Å². The van der Waals surface area contributed by atoms with Crippen LogP contribution in [0.4, 0.5) is 0 Å². The highest BCUT2D eigenvalue weighted by molar-refractivity contribution is 5.74. The molecule has 2 N–H and O–H groups in total. The van der Waals surface area contributed by atoms with E-state index in [0.29, 0.717) is 39.8 Å². The Bertz CT molecular complexity index is 1320. The predicted octanol–water partition coefficient (Wildman–Crippen LogP) is 4.62. The van der Waals surface area contributed by atoms with Crippen LogP contribution in [0.25, 0.3) is 34.2 Å². The Kier molecular flexibility index (Phi) is 5.99. The Morgan fingerprint density at radius 2 is 1.06 bits per heavy atom. The van der Waals surface area contributed by atoms with E-state index in [1.165, 1.54) is 13.2 Å². The van der Waals surface area contributed by atoms with Crippen molar-refractivity contribution in [2.75, 3.05) is 21.3 Å². The average molecular weight is 445 g/mol. The number of aryl methyl sites for hydroxylation is 1. The van der Waals surface area contributed by atoms with E-state index in [0.717, 1.165) is 5.56 Å². The SMILES string of the molecule is COc1ccc(-c2nc(-c3ccc(C)cc3O)nc(-c3ccc(OC)cc3OC)n2)c(O)c1. The fourth-order valence-electron chi connectivity index (χ4n) is 3.38. The van der Waals surface area contributed by atoms with Gasteiger partial charge < -0.3 is 24.4 Å². The molecule has 4 rings (SSSR count). The summed E-state index contributed by atoms with van der Waals surface area (Å²) in [5.74, 6) is 2.40. The molecule has 1 aromatic heterocycles. The van der Waals surface area contributed by atoms with E-state index in [1.807, 2.05) is 13.0 Å². The van der Waals surface area contributed by atoms with E-state index in [-0.39, 0.29) is 23.1 Å². The largest absolute Gasteiger partial charge is 0.507 e. The van der Waals surface area contributed by atoms with Gasteiger partial charge in [-0.05, 0) is 48.9 Å². The first-order chi connectivity index (χ1) is 15.9. The molecule has 0 aliphatic rings. The van der Waals surface area contributed by atoms with E-state index in [4.69, 9.17) is 14.2 Å². The van der Waals surface area contributed by atoms with Crippen LogP contribution < -0.4 is 14.2 Å². The number of phenolic OH excluding ortho intramolecular Hbond substituents is 2. The van der Waals surface area contributed by atoms with Gasteiger partial charge in [-0.1, -0.05) is 6.07 Å². The lowest BCUT2D eigenvalue weighted by Gasteiger charge is -2.13. The number of aromatic hydroxyl groups is 2. The van der Waals surface area contributed by atoms with Crippen molar-refractivity contribution in [1.29, 1.82) is 0 Å². The molecule has 0 aliphatic carbocycles. The number of benzene rings is 3. The van der Waals surface area contributed by atoms with Gasteiger partial charge in [0, 0.05) is 12.1 Å². The summed E-state index contributed by atoms with van der Waals surface area (Å²) in [5.41, 5.74) is 2.32. The van der Waals surface area contributed by atoms with Gasteiger partial charge in [0.25, 0.3) is 0 Å². The molecule has 8 nitrogen and oxygen atoms in total. The minimum Gasteiger partial charge on any atom is -0.507 e. The summed E-state index contributed by atoms with van der Waals surface area (Å²) < 4.78 is 16.0. The van der Waals surface area contributed by atoms with Crippen molar-refractivity contribution in [3.05, 3.63) is 60.2 Å². The number of ether oxygens (including phenoxy) is 3. The Morgan fingerprint density at radius 3 is 1.58 bits per heavy atom. The van der Waals surface area contributed by atoms with Crippen LogP contribution in [0, 0.1) is 6.92 Å². The number of rotatable bonds is 6. The first-order valence-electron chi connectivity index (χ1n) is 10.1. The highest BCUT2D eigenvalue weighted by atomic mass is 16.5. The maximum atomic E-state index is 10.6. The molecule has 0 fully saturated rings. The summed E-state index contributed by atoms with van der Waals surface area (Å²) in [4.78, 5) is 13.8. The van der Waals surface area contributed by atoms with Gasteiger partial charge in [0.15, 0.2) is 17.5 Å². The lowest BCUT2D eigenvalue weighted by Crippen LogP contribution is -2.02. The van der Waals surface area contributed by atoms with Gasteiger partial charge in [0.1, 0.15) is 28.7 Å². The third-order valence-electron chi connectivity index (χ3n) is 5.12. The Labute approximate surface area is 191 Å². The first-order valence-corrected chi connectivity index (χ1v) is 10.1. The van der Waals surface area contributed by atoms with Crippen LogP contribution in [-0.2, 0) is 0 Å². The molecule has 0 aliphatic heterocycles. The zero-order valence-electron chi connectivity index (χ0n) is 18.7. The number of aromatic nitrogens is 3. The third kappa shape index (κ3) is 4.36. The number of nitrogens with zero attached hydrogens (tertiary/aromatic N) is 3. The van der Waals surface area contributed by atoms with Crippen molar-refractivity contribution >= 4 is 0 Å². The van der Waals surface area contributed by atoms with E-state index in [9.17, 15) is 10.2 Å². The molecule has 0 bridgehead atoms. The minimum absolute atomic E-state index is 0.0405. The van der Waals surface area contributed by atoms with E-state index in [2.05, 4.69) is 15.0 Å². The minimum atomic E-state index is -0.0488. The zero-order valence-corrected chi connectivity index (χ0v) is 18.7. The Hall–Kier alpha value is -4.33. The summed E-state index contributed by atoms with van der Waals surface area (Å²) in [5, 5.41) is 21.1. The number of hydrogen-bond donors (Lipinski definition) is 2. The number of methoxy groups -OCH3 is 3. The van der Waals surface area contributed by atoms with Crippen molar-refractivity contribution in [1.82, 2.24) is 15.0 Å². The van der Waals surface area contributed by atoms with Gasteiger partial charge in [0.05, 0.1) is 38.0 Å². The van der Waals surface area contributed by atoms with Crippen molar-refractivity contribution < 1.29 is 24.4 Å². The quantitative estimate of drug-likeness (QED) is 0.443. The highest BCUT2D eigenvalue weighted by Gasteiger charge is 2.19. The molecule has 4 aromatic rings. The van der Waals surface area contributed by atoms with Gasteiger partial charge in [0.2, 0.25) is 0 Å². The summed E-state index contributed by atoms with van der Waals surface area (Å²) in [6.45, 7) is 1.88. The zero-order chi connectivity index (χ0) is 23.5. The fourth-order valence-corrected chi connectivity index (χ4v) is 3.38. The van der Waals surface area contributed by atoms with Crippen molar-refractivity contribution in [3.63, 3.8) is 0 Å². The summed E-state index contributed by atoms with van der Waals surface area (Å²) in [7, 11) is 4.63. The van der Waals surface area contributed by atoms with Gasteiger partial charge in [-0.15, -0.1) is 0 Å². The molecule has 0 atom stereocenters. The van der Waals surface area contributed by atoms with Crippen molar-refractivity contribution in [2.24, 2.45) is 0 Å². The molecule has 3 aromatic carbocycles. The van der Waals surface area contributed by atoms with Crippen LogP contribution in [-0.4, -0.2) is 46.5 Å². The second-order valence-corrected chi connectivity index (χ2v) is 7.28. The molecule has 0 amide bonds. The second kappa shape index (κ2) is 9.04. The Balaban J connectivity index is 1.97. The van der Waals surface area contributed by atoms with Crippen LogP contribution in [0.1, 0.15) is 5.56 Å². The third-order valence-corrected chi connectivity index (χ3v) is 5.12. The molecule has 0 unspecified atom stereocenters. The predicted molar refractivity (Wildman–Crippen MR) is 124 cm³/mol. The molecule has 0 saturated heterocycles. The summed E-state index contributed by atoms with van der Waals surface area (Å²) in [6.07, 6.45) is 0. The smallest absolute Gasteiger partial charge is 0.167 e. The van der Waals surface area contributed by atoms with Gasteiger partial charge >= 0.3 is 0 Å². The lowest BCUT2D eigenvalue weighted by atomic mass is 10.1. The van der Waals surface area contributed by atoms with Gasteiger partial charge in [-0.25, -0.2) is 15.0 Å². The molecule has 0 radical (unpaired) electrons. The highest BCUT2D eigenvalue weighted by Crippen LogP contribution is 2.37. The second-order valence-electron chi connectivity index (χ2n) is 7.28. The normalized spacial score (nSPS) is 10.7. The fraction of sp³-hybridized carbons (Fsp3) is 0.160. The van der Waals surface area contributed by atoms with E-state index >= 15 is 0 Å². The van der Waals surface area contributed by atoms with Crippen molar-refractivity contribution in [2.45, 2.75) is 6.92 Å². The standard InChI is InChI=1S/C25H23N3O5/c1-14-5-8-17(20(29)11-14)23-26-24(18-9-6-15(31-2)12-21(18)30)28-25(27-23)19-10-7-16(32-3)13-22(19)33-4/h5-13,29-30H,1-4H3. The number of phenols is 2. The maximum absolute atomic E-state index is 10.6. The average Bonchev–Trinajstić information content (AvgIpc) is 2.83. The molecule has 33 heavy (non-hydrogen) atoms. The monoisotopic (exact) mass is 445 g/mol. The molecular formula is C25H23N3O5. The van der Waals surface area contributed by atoms with Crippen molar-refractivity contribution in [3.8, 4) is 62.9 Å². The summed E-state index contributed by atoms with van der Waals surface area (Å²) >= 11 is 0. The number of hydrogen-bond acceptors (Lipinski definition) is 8. The van der Waals surface area contributed by atoms with Crippen LogP contribution in [0.2, 0.25) is 0 Å².